The van der Waals surface area contributed by atoms with Gasteiger partial charge in [0, 0.05) is 29.7 Å². The van der Waals surface area contributed by atoms with E-state index < -0.39 is 15.2 Å². The second-order valence-electron chi connectivity index (χ2n) is 5.54. The van der Waals surface area contributed by atoms with Crippen LogP contribution in [0.5, 0.6) is 5.75 Å². The first-order valence-corrected chi connectivity index (χ1v) is 9.22. The predicted octanol–water partition coefficient (Wildman–Crippen LogP) is 1.93. The second kappa shape index (κ2) is 5.18. The van der Waals surface area contributed by atoms with E-state index >= 15 is 0 Å². The van der Waals surface area contributed by atoms with Crippen LogP contribution in [0.15, 0.2) is 23.1 Å². The van der Waals surface area contributed by atoms with Crippen molar-refractivity contribution in [3.8, 4) is 5.75 Å². The molecule has 2 unspecified atom stereocenters. The van der Waals surface area contributed by atoms with Gasteiger partial charge in [-0.1, -0.05) is 0 Å². The van der Waals surface area contributed by atoms with E-state index in [9.17, 15) is 13.2 Å². The van der Waals surface area contributed by atoms with E-state index in [2.05, 4.69) is 0 Å². The summed E-state index contributed by atoms with van der Waals surface area (Å²) in [7, 11) is 1.57. The topological polar surface area (TPSA) is 63.7 Å². The van der Waals surface area contributed by atoms with Crippen LogP contribution in [0.4, 0.5) is 0 Å². The molecule has 2 aliphatic heterocycles. The predicted molar refractivity (Wildman–Crippen MR) is 78.0 cm³/mol. The number of carbonyl (C=O) groups is 1. The number of benzene rings is 1. The molecule has 1 saturated heterocycles. The molecule has 1 amide bonds. The Morgan fingerprint density at radius 2 is 2.19 bits per heavy atom. The van der Waals surface area contributed by atoms with E-state index in [-0.39, 0.29) is 16.8 Å². The van der Waals surface area contributed by atoms with Gasteiger partial charge in [-0.2, -0.15) is 0 Å². The van der Waals surface area contributed by atoms with Crippen LogP contribution in [0.2, 0.25) is 0 Å². The van der Waals surface area contributed by atoms with Gasteiger partial charge in [0.2, 0.25) is 0 Å². The fraction of sp³-hybridized carbons (Fsp3) is 0.500. The lowest BCUT2D eigenvalue weighted by atomic mass is 10.1. The molecule has 0 spiro atoms. The van der Waals surface area contributed by atoms with Crippen LogP contribution in [0, 0.1) is 0 Å². The summed E-state index contributed by atoms with van der Waals surface area (Å²) in [5, 5.41) is 0. The third kappa shape index (κ3) is 2.74. The lowest BCUT2D eigenvalue weighted by Gasteiger charge is -2.24. The number of hydrogen-bond acceptors (Lipinski definition) is 4. The standard InChI is InChI=1S/C14H16ClNO4S/c1-9-3-2-6-16(9)14(17)13-8-10-7-11(21(15,18)19)4-5-12(10)20-13/h4-5,7,9,13H,2-3,6,8H2,1H3. The van der Waals surface area contributed by atoms with Crippen LogP contribution in [0.25, 0.3) is 0 Å². The Hall–Kier alpha value is -1.27. The molecule has 21 heavy (non-hydrogen) atoms. The SMILES string of the molecule is CC1CCCN1C(=O)C1Cc2cc(S(=O)(=O)Cl)ccc2O1. The molecule has 2 aliphatic rings. The van der Waals surface area contributed by atoms with Gasteiger partial charge in [-0.25, -0.2) is 8.42 Å². The van der Waals surface area contributed by atoms with E-state index in [1.807, 2.05) is 11.8 Å². The number of hydrogen-bond donors (Lipinski definition) is 0. The van der Waals surface area contributed by atoms with Gasteiger partial charge in [0.1, 0.15) is 5.75 Å². The van der Waals surface area contributed by atoms with Crippen LogP contribution in [-0.4, -0.2) is 37.9 Å². The summed E-state index contributed by atoms with van der Waals surface area (Å²) in [5.41, 5.74) is 0.710. The first-order valence-electron chi connectivity index (χ1n) is 6.91. The van der Waals surface area contributed by atoms with Crippen molar-refractivity contribution in [2.45, 2.75) is 43.2 Å². The molecule has 1 aromatic rings. The van der Waals surface area contributed by atoms with Gasteiger partial charge in [-0.15, -0.1) is 0 Å². The number of carbonyl (C=O) groups excluding carboxylic acids is 1. The van der Waals surface area contributed by atoms with E-state index in [0.29, 0.717) is 17.7 Å². The molecule has 1 fully saturated rings. The van der Waals surface area contributed by atoms with Crippen LogP contribution in [0.1, 0.15) is 25.3 Å². The van der Waals surface area contributed by atoms with Crippen molar-refractivity contribution < 1.29 is 17.9 Å². The highest BCUT2D eigenvalue weighted by Crippen LogP contribution is 2.33. The maximum absolute atomic E-state index is 12.5. The molecule has 0 radical (unpaired) electrons. The summed E-state index contributed by atoms with van der Waals surface area (Å²) in [4.78, 5) is 14.3. The van der Waals surface area contributed by atoms with Crippen molar-refractivity contribution in [3.05, 3.63) is 23.8 Å². The smallest absolute Gasteiger partial charge is 0.264 e. The summed E-state index contributed by atoms with van der Waals surface area (Å²) in [6.07, 6.45) is 1.85. The number of halogens is 1. The molecule has 0 aliphatic carbocycles. The molecule has 0 saturated carbocycles. The number of likely N-dealkylation sites (tertiary alicyclic amines) is 1. The maximum atomic E-state index is 12.5. The second-order valence-corrected chi connectivity index (χ2v) is 8.11. The third-order valence-corrected chi connectivity index (χ3v) is 5.45. The summed E-state index contributed by atoms with van der Waals surface area (Å²) in [6, 6.07) is 4.68. The first kappa shape index (κ1) is 14.7. The van der Waals surface area contributed by atoms with Crippen molar-refractivity contribution in [3.63, 3.8) is 0 Å². The maximum Gasteiger partial charge on any atom is 0.264 e. The molecule has 1 aromatic carbocycles. The zero-order chi connectivity index (χ0) is 15.2. The van der Waals surface area contributed by atoms with E-state index in [1.54, 1.807) is 6.07 Å². The number of fused-ring (bicyclic) bond motifs is 1. The minimum atomic E-state index is -3.77. The Balaban J connectivity index is 1.80. The summed E-state index contributed by atoms with van der Waals surface area (Å²) >= 11 is 0. The van der Waals surface area contributed by atoms with Gasteiger partial charge >= 0.3 is 0 Å². The molecular weight excluding hydrogens is 314 g/mol. The molecule has 0 N–H and O–H groups in total. The third-order valence-electron chi connectivity index (χ3n) is 4.10. The molecule has 3 rings (SSSR count). The Bertz CT molecular complexity index is 688. The van der Waals surface area contributed by atoms with Gasteiger partial charge < -0.3 is 9.64 Å². The van der Waals surface area contributed by atoms with Gasteiger partial charge in [-0.3, -0.25) is 4.79 Å². The molecule has 5 nitrogen and oxygen atoms in total. The fourth-order valence-corrected chi connectivity index (χ4v) is 3.76. The van der Waals surface area contributed by atoms with Crippen LogP contribution in [0.3, 0.4) is 0 Å². The van der Waals surface area contributed by atoms with Crippen molar-refractivity contribution in [2.24, 2.45) is 0 Å². The van der Waals surface area contributed by atoms with E-state index in [4.69, 9.17) is 15.4 Å². The molecule has 0 aromatic heterocycles. The van der Waals surface area contributed by atoms with Crippen molar-refractivity contribution in [1.82, 2.24) is 4.90 Å². The molecule has 7 heteroatoms. The highest BCUT2D eigenvalue weighted by Gasteiger charge is 2.36. The van der Waals surface area contributed by atoms with Crippen molar-refractivity contribution >= 4 is 25.6 Å². The van der Waals surface area contributed by atoms with E-state index in [1.165, 1.54) is 12.1 Å². The number of rotatable bonds is 2. The fourth-order valence-electron chi connectivity index (χ4n) is 2.96. The number of ether oxygens (including phenoxy) is 1. The van der Waals surface area contributed by atoms with Gasteiger partial charge in [0.05, 0.1) is 4.90 Å². The van der Waals surface area contributed by atoms with Gasteiger partial charge in [0.25, 0.3) is 15.0 Å². The van der Waals surface area contributed by atoms with Gasteiger partial charge in [0.15, 0.2) is 6.10 Å². The minimum absolute atomic E-state index is 0.0218. The average molecular weight is 330 g/mol. The Labute approximate surface area is 128 Å². The molecule has 2 atom stereocenters. The van der Waals surface area contributed by atoms with Crippen molar-refractivity contribution in [2.75, 3.05) is 6.54 Å². The zero-order valence-electron chi connectivity index (χ0n) is 11.6. The van der Waals surface area contributed by atoms with E-state index in [0.717, 1.165) is 19.4 Å². The number of nitrogens with zero attached hydrogens (tertiary/aromatic N) is 1. The largest absolute Gasteiger partial charge is 0.480 e. The molecule has 0 bridgehead atoms. The van der Waals surface area contributed by atoms with Crippen molar-refractivity contribution in [1.29, 1.82) is 0 Å². The van der Waals surface area contributed by atoms with Crippen LogP contribution in [-0.2, 0) is 20.3 Å². The Morgan fingerprint density at radius 3 is 2.81 bits per heavy atom. The van der Waals surface area contributed by atoms with Crippen LogP contribution < -0.4 is 4.74 Å². The lowest BCUT2D eigenvalue weighted by Crippen LogP contribution is -2.42. The first-order chi connectivity index (χ1) is 9.86. The highest BCUT2D eigenvalue weighted by atomic mass is 35.7. The summed E-state index contributed by atoms with van der Waals surface area (Å²) < 4.78 is 28.4. The Kier molecular flexibility index (Phi) is 3.61. The van der Waals surface area contributed by atoms with Crippen LogP contribution >= 0.6 is 10.7 Å². The average Bonchev–Trinajstić information content (AvgIpc) is 3.01. The quantitative estimate of drug-likeness (QED) is 0.778. The van der Waals surface area contributed by atoms with Gasteiger partial charge in [-0.05, 0) is 43.5 Å². The summed E-state index contributed by atoms with van der Waals surface area (Å²) in [6.45, 7) is 2.79. The molecule has 2 heterocycles. The number of amides is 1. The lowest BCUT2D eigenvalue weighted by molar-refractivity contribution is -0.138. The zero-order valence-corrected chi connectivity index (χ0v) is 13.2. The Morgan fingerprint density at radius 1 is 1.43 bits per heavy atom. The summed E-state index contributed by atoms with van der Waals surface area (Å²) in [5.74, 6) is 0.538. The molecule has 114 valence electrons. The normalized spacial score (nSPS) is 24.8. The minimum Gasteiger partial charge on any atom is -0.480 e. The monoisotopic (exact) mass is 329 g/mol. The molecular formula is C14H16ClNO4S. The highest BCUT2D eigenvalue weighted by molar-refractivity contribution is 8.13.